The minimum absolute atomic E-state index is 0.430. The van der Waals surface area contributed by atoms with Gasteiger partial charge in [-0.2, -0.15) is 0 Å². The van der Waals surface area contributed by atoms with Crippen molar-refractivity contribution in [1.82, 2.24) is 0 Å². The lowest BCUT2D eigenvalue weighted by Gasteiger charge is -2.25. The summed E-state index contributed by atoms with van der Waals surface area (Å²) in [5, 5.41) is 22.3. The number of hydrogen-bond donors (Lipinski definition) is 2. The first-order chi connectivity index (χ1) is 9.88. The maximum absolute atomic E-state index is 10.4. The van der Waals surface area contributed by atoms with Crippen molar-refractivity contribution in [3.63, 3.8) is 0 Å². The first-order valence-electron chi connectivity index (χ1n) is 6.46. The summed E-state index contributed by atoms with van der Waals surface area (Å²) in [6.45, 7) is 1.76. The first-order valence-corrected chi connectivity index (χ1v) is 7.59. The lowest BCUT2D eigenvalue weighted by molar-refractivity contribution is 0.0199. The maximum Gasteiger partial charge on any atom is 0.0844 e. The standard InChI is InChI=1S/C16H15Cl3O2/c1-9(15(20)10-2-4-12(17)5-3-10)16(21)11-6-13(18)8-14(19)7-11/h2-9,15-16,20-21H,1H3/t9-,15+,16+/m1/s1. The molecule has 0 bridgehead atoms. The van der Waals surface area contributed by atoms with Gasteiger partial charge in [-0.1, -0.05) is 53.9 Å². The molecule has 0 saturated carbocycles. The molecule has 2 rings (SSSR count). The number of halogens is 3. The Hall–Kier alpha value is -0.770. The van der Waals surface area contributed by atoms with Crippen molar-refractivity contribution in [2.24, 2.45) is 5.92 Å². The van der Waals surface area contributed by atoms with Crippen LogP contribution < -0.4 is 0 Å². The van der Waals surface area contributed by atoms with Crippen molar-refractivity contribution in [3.8, 4) is 0 Å². The molecule has 2 aromatic carbocycles. The van der Waals surface area contributed by atoms with Crippen LogP contribution in [0.5, 0.6) is 0 Å². The Morgan fingerprint density at radius 3 is 1.71 bits per heavy atom. The van der Waals surface area contributed by atoms with Crippen LogP contribution in [-0.2, 0) is 0 Å². The fourth-order valence-electron chi connectivity index (χ4n) is 2.19. The van der Waals surface area contributed by atoms with Crippen molar-refractivity contribution in [3.05, 3.63) is 68.7 Å². The van der Waals surface area contributed by atoms with Crippen molar-refractivity contribution in [2.75, 3.05) is 0 Å². The van der Waals surface area contributed by atoms with Gasteiger partial charge in [0, 0.05) is 21.0 Å². The molecule has 0 spiro atoms. The van der Waals surface area contributed by atoms with E-state index in [-0.39, 0.29) is 0 Å². The molecular weight excluding hydrogens is 331 g/mol. The van der Waals surface area contributed by atoms with E-state index in [2.05, 4.69) is 0 Å². The zero-order valence-corrected chi connectivity index (χ0v) is 13.6. The summed E-state index contributed by atoms with van der Waals surface area (Å²) >= 11 is 17.7. The summed E-state index contributed by atoms with van der Waals surface area (Å²) in [5.74, 6) is -0.430. The predicted molar refractivity (Wildman–Crippen MR) is 87.0 cm³/mol. The molecule has 0 amide bonds. The second kappa shape index (κ2) is 6.99. The molecule has 0 heterocycles. The molecule has 2 aromatic rings. The molecule has 3 atom stereocenters. The molecule has 0 aromatic heterocycles. The van der Waals surface area contributed by atoms with E-state index in [0.717, 1.165) is 0 Å². The predicted octanol–water partition coefficient (Wildman–Crippen LogP) is 5.05. The third kappa shape index (κ3) is 4.12. The fourth-order valence-corrected chi connectivity index (χ4v) is 2.85. The highest BCUT2D eigenvalue weighted by Gasteiger charge is 2.25. The Morgan fingerprint density at radius 2 is 1.19 bits per heavy atom. The van der Waals surface area contributed by atoms with Crippen LogP contribution in [0.15, 0.2) is 42.5 Å². The minimum atomic E-state index is -0.883. The summed E-state index contributed by atoms with van der Waals surface area (Å²) in [6.07, 6.45) is -1.71. The molecule has 0 radical (unpaired) electrons. The van der Waals surface area contributed by atoms with E-state index < -0.39 is 18.1 Å². The number of hydrogen-bond acceptors (Lipinski definition) is 2. The van der Waals surface area contributed by atoms with Crippen LogP contribution in [0.1, 0.15) is 30.3 Å². The third-order valence-electron chi connectivity index (χ3n) is 3.43. The molecule has 0 aliphatic rings. The van der Waals surface area contributed by atoms with Gasteiger partial charge in [-0.05, 0) is 41.5 Å². The molecule has 2 N–H and O–H groups in total. The molecule has 0 aliphatic carbocycles. The van der Waals surface area contributed by atoms with Gasteiger partial charge in [0.2, 0.25) is 0 Å². The Bertz CT molecular complexity index is 593. The average Bonchev–Trinajstić information content (AvgIpc) is 2.44. The Morgan fingerprint density at radius 1 is 0.714 bits per heavy atom. The highest BCUT2D eigenvalue weighted by Crippen LogP contribution is 2.34. The quantitative estimate of drug-likeness (QED) is 0.814. The fraction of sp³-hybridized carbons (Fsp3) is 0.250. The van der Waals surface area contributed by atoms with E-state index in [1.54, 1.807) is 49.4 Å². The normalized spacial score (nSPS) is 15.5. The van der Waals surface area contributed by atoms with Gasteiger partial charge in [-0.25, -0.2) is 0 Å². The summed E-state index contributed by atoms with van der Waals surface area (Å²) < 4.78 is 0. The molecule has 0 saturated heterocycles. The van der Waals surface area contributed by atoms with Crippen LogP contribution in [0.3, 0.4) is 0 Å². The minimum Gasteiger partial charge on any atom is -0.388 e. The van der Waals surface area contributed by atoms with Crippen LogP contribution in [0.25, 0.3) is 0 Å². The summed E-state index contributed by atoms with van der Waals surface area (Å²) in [5.41, 5.74) is 1.27. The van der Waals surface area contributed by atoms with Crippen LogP contribution in [-0.4, -0.2) is 10.2 Å². The molecule has 21 heavy (non-hydrogen) atoms. The third-order valence-corrected chi connectivity index (χ3v) is 4.12. The van der Waals surface area contributed by atoms with Crippen LogP contribution >= 0.6 is 34.8 Å². The Labute approximate surface area is 138 Å². The van der Waals surface area contributed by atoms with Crippen LogP contribution in [0.4, 0.5) is 0 Å². The summed E-state index contributed by atoms with van der Waals surface area (Å²) in [4.78, 5) is 0. The van der Waals surface area contributed by atoms with E-state index in [4.69, 9.17) is 34.8 Å². The second-order valence-electron chi connectivity index (χ2n) is 5.00. The van der Waals surface area contributed by atoms with Gasteiger partial charge < -0.3 is 10.2 Å². The van der Waals surface area contributed by atoms with E-state index in [1.165, 1.54) is 0 Å². The number of rotatable bonds is 4. The average molecular weight is 346 g/mol. The Balaban J connectivity index is 2.21. The molecule has 0 unspecified atom stereocenters. The maximum atomic E-state index is 10.4. The first kappa shape index (κ1) is 16.6. The van der Waals surface area contributed by atoms with Crippen molar-refractivity contribution >= 4 is 34.8 Å². The highest BCUT2D eigenvalue weighted by molar-refractivity contribution is 6.34. The van der Waals surface area contributed by atoms with Crippen molar-refractivity contribution in [1.29, 1.82) is 0 Å². The zero-order chi connectivity index (χ0) is 15.6. The highest BCUT2D eigenvalue weighted by atomic mass is 35.5. The van der Waals surface area contributed by atoms with Gasteiger partial charge in [0.1, 0.15) is 0 Å². The smallest absolute Gasteiger partial charge is 0.0844 e. The number of aliphatic hydroxyl groups excluding tert-OH is 2. The topological polar surface area (TPSA) is 40.5 Å². The largest absolute Gasteiger partial charge is 0.388 e. The zero-order valence-electron chi connectivity index (χ0n) is 11.3. The van der Waals surface area contributed by atoms with E-state index >= 15 is 0 Å². The van der Waals surface area contributed by atoms with E-state index in [1.807, 2.05) is 0 Å². The molecule has 112 valence electrons. The number of benzene rings is 2. The van der Waals surface area contributed by atoms with Gasteiger partial charge in [-0.15, -0.1) is 0 Å². The lowest BCUT2D eigenvalue weighted by Crippen LogP contribution is -2.17. The van der Waals surface area contributed by atoms with Gasteiger partial charge >= 0.3 is 0 Å². The summed E-state index contributed by atoms with van der Waals surface area (Å²) in [6, 6.07) is 11.8. The van der Waals surface area contributed by atoms with Crippen molar-refractivity contribution in [2.45, 2.75) is 19.1 Å². The van der Waals surface area contributed by atoms with E-state index in [9.17, 15) is 10.2 Å². The van der Waals surface area contributed by atoms with Crippen LogP contribution in [0.2, 0.25) is 15.1 Å². The number of aliphatic hydroxyl groups is 2. The molecular formula is C16H15Cl3O2. The van der Waals surface area contributed by atoms with Gasteiger partial charge in [0.25, 0.3) is 0 Å². The van der Waals surface area contributed by atoms with E-state index in [0.29, 0.717) is 26.2 Å². The van der Waals surface area contributed by atoms with Gasteiger partial charge in [-0.3, -0.25) is 0 Å². The van der Waals surface area contributed by atoms with Gasteiger partial charge in [0.15, 0.2) is 0 Å². The molecule has 0 aliphatic heterocycles. The second-order valence-corrected chi connectivity index (χ2v) is 6.31. The van der Waals surface area contributed by atoms with Crippen molar-refractivity contribution < 1.29 is 10.2 Å². The lowest BCUT2D eigenvalue weighted by atomic mass is 9.89. The van der Waals surface area contributed by atoms with Gasteiger partial charge in [0.05, 0.1) is 12.2 Å². The molecule has 2 nitrogen and oxygen atoms in total. The SMILES string of the molecule is C[C@H]([C@H](O)c1ccc(Cl)cc1)[C@H](O)c1cc(Cl)cc(Cl)c1. The Kier molecular flexibility index (Phi) is 5.53. The summed E-state index contributed by atoms with van der Waals surface area (Å²) in [7, 11) is 0. The molecule has 0 fully saturated rings. The van der Waals surface area contributed by atoms with Crippen LogP contribution in [0, 0.1) is 5.92 Å². The molecule has 5 heteroatoms. The monoisotopic (exact) mass is 344 g/mol.